The lowest BCUT2D eigenvalue weighted by molar-refractivity contribution is -0.105. The number of amides is 1. The first kappa shape index (κ1) is 10.9. The summed E-state index contributed by atoms with van der Waals surface area (Å²) in [6.45, 7) is 3.83. The molecule has 0 aliphatic heterocycles. The van der Waals surface area contributed by atoms with Crippen molar-refractivity contribution in [3.63, 3.8) is 0 Å². The van der Waals surface area contributed by atoms with E-state index in [9.17, 15) is 4.79 Å². The van der Waals surface area contributed by atoms with E-state index in [4.69, 9.17) is 16.3 Å². The van der Waals surface area contributed by atoms with E-state index in [1.165, 1.54) is 0 Å². The van der Waals surface area contributed by atoms with Crippen LogP contribution in [0.4, 0.5) is 5.69 Å². The Labute approximate surface area is 88.0 Å². The number of ether oxygens (including phenoxy) is 1. The topological polar surface area (TPSA) is 38.3 Å². The third-order valence-corrected chi connectivity index (χ3v) is 1.75. The minimum atomic E-state index is 0.0587. The lowest BCUT2D eigenvalue weighted by atomic mass is 10.3. The average molecular weight is 214 g/mol. The van der Waals surface area contributed by atoms with Gasteiger partial charge in [0.1, 0.15) is 5.75 Å². The lowest BCUT2D eigenvalue weighted by Gasteiger charge is -2.13. The molecule has 1 amide bonds. The first-order chi connectivity index (χ1) is 6.63. The largest absolute Gasteiger partial charge is 0.489 e. The number of hydrogen-bond acceptors (Lipinski definition) is 2. The van der Waals surface area contributed by atoms with Crippen molar-refractivity contribution in [3.05, 3.63) is 23.2 Å². The fourth-order valence-corrected chi connectivity index (χ4v) is 1.21. The monoisotopic (exact) mass is 213 g/mol. The average Bonchev–Trinajstić information content (AvgIpc) is 2.09. The molecule has 0 aromatic heterocycles. The number of nitrogens with one attached hydrogen (secondary N) is 1. The van der Waals surface area contributed by atoms with Crippen LogP contribution in [0.2, 0.25) is 5.02 Å². The molecular weight excluding hydrogens is 202 g/mol. The van der Waals surface area contributed by atoms with Gasteiger partial charge >= 0.3 is 0 Å². The van der Waals surface area contributed by atoms with E-state index >= 15 is 0 Å². The third-order valence-electron chi connectivity index (χ3n) is 1.52. The second-order valence-corrected chi connectivity index (χ2v) is 3.51. The quantitative estimate of drug-likeness (QED) is 0.781. The number of rotatable bonds is 4. The van der Waals surface area contributed by atoms with Crippen LogP contribution in [0.5, 0.6) is 5.75 Å². The van der Waals surface area contributed by atoms with E-state index in [1.54, 1.807) is 18.2 Å². The molecule has 0 heterocycles. The van der Waals surface area contributed by atoms with Gasteiger partial charge in [-0.25, -0.2) is 0 Å². The summed E-state index contributed by atoms with van der Waals surface area (Å²) in [7, 11) is 0. The minimum absolute atomic E-state index is 0.0587. The van der Waals surface area contributed by atoms with Crippen LogP contribution in [0.1, 0.15) is 13.8 Å². The second-order valence-electron chi connectivity index (χ2n) is 3.07. The van der Waals surface area contributed by atoms with Gasteiger partial charge in [-0.05, 0) is 32.0 Å². The maximum atomic E-state index is 10.3. The molecule has 0 unspecified atom stereocenters. The van der Waals surface area contributed by atoms with E-state index in [0.29, 0.717) is 22.9 Å². The molecule has 0 radical (unpaired) electrons. The Morgan fingerprint density at radius 1 is 1.50 bits per heavy atom. The molecule has 0 aliphatic rings. The molecule has 0 saturated heterocycles. The van der Waals surface area contributed by atoms with Gasteiger partial charge in [0.15, 0.2) is 0 Å². The van der Waals surface area contributed by atoms with Gasteiger partial charge in [0.05, 0.1) is 11.8 Å². The zero-order valence-corrected chi connectivity index (χ0v) is 8.84. The van der Waals surface area contributed by atoms with Gasteiger partial charge in [0.25, 0.3) is 0 Å². The molecule has 0 aliphatic carbocycles. The number of anilines is 1. The van der Waals surface area contributed by atoms with Gasteiger partial charge in [-0.3, -0.25) is 4.79 Å². The number of hydrogen-bond donors (Lipinski definition) is 1. The van der Waals surface area contributed by atoms with Gasteiger partial charge < -0.3 is 10.1 Å². The summed E-state index contributed by atoms with van der Waals surface area (Å²) < 4.78 is 5.47. The van der Waals surface area contributed by atoms with Crippen molar-refractivity contribution in [2.45, 2.75) is 20.0 Å². The van der Waals surface area contributed by atoms with Gasteiger partial charge in [0, 0.05) is 5.02 Å². The van der Waals surface area contributed by atoms with Crippen LogP contribution in [0.25, 0.3) is 0 Å². The smallest absolute Gasteiger partial charge is 0.211 e. The number of carbonyl (C=O) groups is 1. The summed E-state index contributed by atoms with van der Waals surface area (Å²) in [5.41, 5.74) is 0.584. The first-order valence-electron chi connectivity index (χ1n) is 4.30. The number of carbonyl (C=O) groups excluding carboxylic acids is 1. The fraction of sp³-hybridized carbons (Fsp3) is 0.300. The van der Waals surface area contributed by atoms with Gasteiger partial charge in [-0.1, -0.05) is 11.6 Å². The molecule has 3 nitrogen and oxygen atoms in total. The van der Waals surface area contributed by atoms with Crippen LogP contribution >= 0.6 is 11.6 Å². The van der Waals surface area contributed by atoms with E-state index in [1.807, 2.05) is 13.8 Å². The minimum Gasteiger partial charge on any atom is -0.489 e. The van der Waals surface area contributed by atoms with Crippen molar-refractivity contribution in [3.8, 4) is 5.75 Å². The van der Waals surface area contributed by atoms with Gasteiger partial charge in [-0.15, -0.1) is 0 Å². The Balaban J connectivity index is 2.95. The normalized spacial score (nSPS) is 10.0. The van der Waals surface area contributed by atoms with E-state index in [0.717, 1.165) is 0 Å². The fourth-order valence-electron chi connectivity index (χ4n) is 1.04. The van der Waals surface area contributed by atoms with Crippen LogP contribution in [0, 0.1) is 0 Å². The van der Waals surface area contributed by atoms with E-state index < -0.39 is 0 Å². The molecule has 14 heavy (non-hydrogen) atoms. The van der Waals surface area contributed by atoms with Crippen molar-refractivity contribution in [2.75, 3.05) is 5.32 Å². The highest BCUT2D eigenvalue weighted by Crippen LogP contribution is 2.28. The number of benzene rings is 1. The van der Waals surface area contributed by atoms with Crippen molar-refractivity contribution in [1.29, 1.82) is 0 Å². The molecule has 0 spiro atoms. The Bertz CT molecular complexity index is 326. The highest BCUT2D eigenvalue weighted by atomic mass is 35.5. The summed E-state index contributed by atoms with van der Waals surface area (Å²) in [6, 6.07) is 5.09. The summed E-state index contributed by atoms with van der Waals surface area (Å²) >= 11 is 5.78. The number of halogens is 1. The molecule has 0 saturated carbocycles. The van der Waals surface area contributed by atoms with Crippen molar-refractivity contribution in [1.82, 2.24) is 0 Å². The summed E-state index contributed by atoms with van der Waals surface area (Å²) in [4.78, 5) is 10.3. The highest BCUT2D eigenvalue weighted by Gasteiger charge is 2.05. The van der Waals surface area contributed by atoms with Crippen molar-refractivity contribution < 1.29 is 9.53 Å². The standard InChI is InChI=1S/C10H12ClNO2/c1-7(2)14-10-4-3-8(11)5-9(10)12-6-13/h3-7H,1-2H3,(H,12,13). The molecule has 0 fully saturated rings. The van der Waals surface area contributed by atoms with Crippen molar-refractivity contribution in [2.24, 2.45) is 0 Å². The van der Waals surface area contributed by atoms with Crippen molar-refractivity contribution >= 4 is 23.7 Å². The van der Waals surface area contributed by atoms with Gasteiger partial charge in [-0.2, -0.15) is 0 Å². The molecule has 1 N–H and O–H groups in total. The zero-order chi connectivity index (χ0) is 10.6. The molecular formula is C10H12ClNO2. The maximum Gasteiger partial charge on any atom is 0.211 e. The maximum absolute atomic E-state index is 10.3. The zero-order valence-electron chi connectivity index (χ0n) is 8.08. The molecule has 0 atom stereocenters. The van der Waals surface area contributed by atoms with Crippen LogP contribution < -0.4 is 10.1 Å². The predicted octanol–water partition coefficient (Wildman–Crippen LogP) is 2.70. The molecule has 1 rings (SSSR count). The molecule has 4 heteroatoms. The Kier molecular flexibility index (Phi) is 3.77. The van der Waals surface area contributed by atoms with Crippen LogP contribution in [0.3, 0.4) is 0 Å². The summed E-state index contributed by atoms with van der Waals surface area (Å²) in [6.07, 6.45) is 0.655. The lowest BCUT2D eigenvalue weighted by Crippen LogP contribution is -2.08. The van der Waals surface area contributed by atoms with E-state index in [2.05, 4.69) is 5.32 Å². The molecule has 1 aromatic rings. The highest BCUT2D eigenvalue weighted by molar-refractivity contribution is 6.31. The molecule has 76 valence electrons. The SMILES string of the molecule is CC(C)Oc1ccc(Cl)cc1NC=O. The summed E-state index contributed by atoms with van der Waals surface area (Å²) in [5, 5.41) is 3.09. The van der Waals surface area contributed by atoms with E-state index in [-0.39, 0.29) is 6.10 Å². The van der Waals surface area contributed by atoms with Gasteiger partial charge in [0.2, 0.25) is 6.41 Å². The summed E-state index contributed by atoms with van der Waals surface area (Å²) in [5.74, 6) is 0.622. The Hall–Kier alpha value is -1.22. The molecule has 1 aromatic carbocycles. The third kappa shape index (κ3) is 2.92. The Morgan fingerprint density at radius 2 is 2.21 bits per heavy atom. The van der Waals surface area contributed by atoms with Crippen LogP contribution in [-0.4, -0.2) is 12.5 Å². The molecule has 0 bridgehead atoms. The second kappa shape index (κ2) is 4.86. The van der Waals surface area contributed by atoms with Crippen LogP contribution in [0.15, 0.2) is 18.2 Å². The Morgan fingerprint density at radius 3 is 2.79 bits per heavy atom. The predicted molar refractivity (Wildman–Crippen MR) is 56.9 cm³/mol. The van der Waals surface area contributed by atoms with Crippen LogP contribution in [-0.2, 0) is 4.79 Å². The first-order valence-corrected chi connectivity index (χ1v) is 4.67.